The molecule has 0 aliphatic heterocycles. The molecule has 1 heterocycles. The SMILES string of the molecule is Cc1ccc(F)cc1C(NN)c1cccnc1. The molecule has 0 radical (unpaired) electrons. The van der Waals surface area contributed by atoms with Crippen molar-refractivity contribution in [3.8, 4) is 0 Å². The minimum Gasteiger partial charge on any atom is -0.271 e. The monoisotopic (exact) mass is 231 g/mol. The number of hydrogen-bond donors (Lipinski definition) is 2. The summed E-state index contributed by atoms with van der Waals surface area (Å²) >= 11 is 0. The first-order chi connectivity index (χ1) is 8.22. The zero-order valence-corrected chi connectivity index (χ0v) is 9.52. The maximum atomic E-state index is 13.3. The molecule has 0 spiro atoms. The lowest BCUT2D eigenvalue weighted by molar-refractivity contribution is 0.602. The minimum atomic E-state index is -0.269. The number of pyridine rings is 1. The first kappa shape index (κ1) is 11.7. The number of benzene rings is 1. The normalized spacial score (nSPS) is 12.4. The summed E-state index contributed by atoms with van der Waals surface area (Å²) < 4.78 is 13.3. The van der Waals surface area contributed by atoms with Crippen molar-refractivity contribution in [2.75, 3.05) is 0 Å². The summed E-state index contributed by atoms with van der Waals surface area (Å²) in [6.07, 6.45) is 3.41. The van der Waals surface area contributed by atoms with Crippen LogP contribution in [-0.4, -0.2) is 4.98 Å². The standard InChI is InChI=1S/C13H14FN3/c1-9-4-5-11(14)7-12(9)13(17-15)10-3-2-6-16-8-10/h2-8,13,17H,15H2,1H3. The summed E-state index contributed by atoms with van der Waals surface area (Å²) in [6.45, 7) is 1.93. The van der Waals surface area contributed by atoms with Gasteiger partial charge < -0.3 is 0 Å². The molecule has 1 aromatic carbocycles. The molecule has 1 aromatic heterocycles. The van der Waals surface area contributed by atoms with E-state index in [2.05, 4.69) is 10.4 Å². The number of hydrazine groups is 1. The van der Waals surface area contributed by atoms with E-state index in [1.165, 1.54) is 12.1 Å². The molecule has 0 fully saturated rings. The molecule has 0 aliphatic rings. The lowest BCUT2D eigenvalue weighted by Gasteiger charge is -2.18. The number of nitrogens with zero attached hydrogens (tertiary/aromatic N) is 1. The van der Waals surface area contributed by atoms with Gasteiger partial charge in [0.15, 0.2) is 0 Å². The van der Waals surface area contributed by atoms with E-state index < -0.39 is 0 Å². The maximum Gasteiger partial charge on any atom is 0.123 e. The third kappa shape index (κ3) is 2.49. The van der Waals surface area contributed by atoms with Gasteiger partial charge in [-0.2, -0.15) is 0 Å². The number of halogens is 1. The molecule has 2 rings (SSSR count). The summed E-state index contributed by atoms with van der Waals surface area (Å²) in [5.74, 6) is 5.29. The largest absolute Gasteiger partial charge is 0.271 e. The van der Waals surface area contributed by atoms with E-state index >= 15 is 0 Å². The van der Waals surface area contributed by atoms with Crippen LogP contribution in [0.2, 0.25) is 0 Å². The molecule has 0 saturated heterocycles. The second-order valence-corrected chi connectivity index (χ2v) is 3.89. The van der Waals surface area contributed by atoms with Gasteiger partial charge in [0.25, 0.3) is 0 Å². The van der Waals surface area contributed by atoms with E-state index in [1.54, 1.807) is 18.5 Å². The van der Waals surface area contributed by atoms with Crippen LogP contribution in [0.25, 0.3) is 0 Å². The number of rotatable bonds is 3. The van der Waals surface area contributed by atoms with Crippen molar-refractivity contribution < 1.29 is 4.39 Å². The lowest BCUT2D eigenvalue weighted by atomic mass is 9.96. The molecule has 0 amide bonds. The fourth-order valence-electron chi connectivity index (χ4n) is 1.83. The molecule has 0 bridgehead atoms. The van der Waals surface area contributed by atoms with Gasteiger partial charge in [-0.15, -0.1) is 0 Å². The molecular weight excluding hydrogens is 217 g/mol. The third-order valence-electron chi connectivity index (χ3n) is 2.74. The Kier molecular flexibility index (Phi) is 3.46. The average molecular weight is 231 g/mol. The Morgan fingerprint density at radius 1 is 1.35 bits per heavy atom. The predicted molar refractivity (Wildman–Crippen MR) is 64.5 cm³/mol. The third-order valence-corrected chi connectivity index (χ3v) is 2.74. The molecule has 1 unspecified atom stereocenters. The van der Waals surface area contributed by atoms with Crippen molar-refractivity contribution in [3.05, 3.63) is 65.2 Å². The van der Waals surface area contributed by atoms with Crippen LogP contribution in [0.5, 0.6) is 0 Å². The molecule has 88 valence electrons. The van der Waals surface area contributed by atoms with Gasteiger partial charge in [-0.1, -0.05) is 12.1 Å². The van der Waals surface area contributed by atoms with Gasteiger partial charge in [0, 0.05) is 12.4 Å². The van der Waals surface area contributed by atoms with Crippen molar-refractivity contribution in [2.24, 2.45) is 5.84 Å². The predicted octanol–water partition coefficient (Wildman–Crippen LogP) is 2.08. The fourth-order valence-corrected chi connectivity index (χ4v) is 1.83. The van der Waals surface area contributed by atoms with E-state index in [0.29, 0.717) is 0 Å². The van der Waals surface area contributed by atoms with Crippen molar-refractivity contribution in [1.29, 1.82) is 0 Å². The average Bonchev–Trinajstić information content (AvgIpc) is 2.36. The summed E-state index contributed by atoms with van der Waals surface area (Å²) in [5.41, 5.74) is 5.41. The second-order valence-electron chi connectivity index (χ2n) is 3.89. The summed E-state index contributed by atoms with van der Waals surface area (Å²) in [6, 6.07) is 8.16. The van der Waals surface area contributed by atoms with Crippen molar-refractivity contribution >= 4 is 0 Å². The lowest BCUT2D eigenvalue weighted by Crippen LogP contribution is -2.29. The highest BCUT2D eigenvalue weighted by atomic mass is 19.1. The first-order valence-corrected chi connectivity index (χ1v) is 5.34. The molecule has 0 saturated carbocycles. The Morgan fingerprint density at radius 3 is 2.82 bits per heavy atom. The molecule has 3 N–H and O–H groups in total. The van der Waals surface area contributed by atoms with E-state index in [9.17, 15) is 4.39 Å². The number of nitrogens with two attached hydrogens (primary N) is 1. The van der Waals surface area contributed by atoms with Crippen molar-refractivity contribution in [3.63, 3.8) is 0 Å². The van der Waals surface area contributed by atoms with Crippen LogP contribution in [0, 0.1) is 12.7 Å². The van der Waals surface area contributed by atoms with E-state index in [-0.39, 0.29) is 11.9 Å². The Morgan fingerprint density at radius 2 is 2.18 bits per heavy atom. The topological polar surface area (TPSA) is 50.9 Å². The van der Waals surface area contributed by atoms with Gasteiger partial charge in [0.05, 0.1) is 6.04 Å². The van der Waals surface area contributed by atoms with Crippen LogP contribution >= 0.6 is 0 Å². The highest BCUT2D eigenvalue weighted by Crippen LogP contribution is 2.24. The van der Waals surface area contributed by atoms with Gasteiger partial charge in [-0.25, -0.2) is 9.82 Å². The van der Waals surface area contributed by atoms with Gasteiger partial charge >= 0.3 is 0 Å². The summed E-state index contributed by atoms with van der Waals surface area (Å²) in [7, 11) is 0. The molecule has 2 aromatic rings. The summed E-state index contributed by atoms with van der Waals surface area (Å²) in [4.78, 5) is 4.04. The number of aromatic nitrogens is 1. The Labute approximate surface area is 99.5 Å². The van der Waals surface area contributed by atoms with Crippen molar-refractivity contribution in [1.82, 2.24) is 10.4 Å². The minimum absolute atomic E-state index is 0.251. The van der Waals surface area contributed by atoms with Crippen molar-refractivity contribution in [2.45, 2.75) is 13.0 Å². The second kappa shape index (κ2) is 5.03. The van der Waals surface area contributed by atoms with E-state index in [1.807, 2.05) is 19.1 Å². The zero-order chi connectivity index (χ0) is 12.3. The van der Waals surface area contributed by atoms with Crippen LogP contribution < -0.4 is 11.3 Å². The van der Waals surface area contributed by atoms with E-state index in [0.717, 1.165) is 16.7 Å². The molecule has 4 heteroatoms. The molecule has 1 atom stereocenters. The molecular formula is C13H14FN3. The van der Waals surface area contributed by atoms with E-state index in [4.69, 9.17) is 5.84 Å². The van der Waals surface area contributed by atoms with Crippen LogP contribution in [0.3, 0.4) is 0 Å². The Balaban J connectivity index is 2.46. The Bertz CT molecular complexity index is 499. The zero-order valence-electron chi connectivity index (χ0n) is 9.52. The number of aryl methyl sites for hydroxylation is 1. The van der Waals surface area contributed by atoms with Crippen LogP contribution in [0.15, 0.2) is 42.7 Å². The highest BCUT2D eigenvalue weighted by Gasteiger charge is 2.15. The number of nitrogens with one attached hydrogen (secondary N) is 1. The van der Waals surface area contributed by atoms with Crippen LogP contribution in [0.1, 0.15) is 22.7 Å². The fraction of sp³-hybridized carbons (Fsp3) is 0.154. The smallest absolute Gasteiger partial charge is 0.123 e. The van der Waals surface area contributed by atoms with Gasteiger partial charge in [0.1, 0.15) is 5.82 Å². The van der Waals surface area contributed by atoms with Gasteiger partial charge in [-0.3, -0.25) is 10.8 Å². The van der Waals surface area contributed by atoms with Crippen LogP contribution in [0.4, 0.5) is 4.39 Å². The molecule has 3 nitrogen and oxygen atoms in total. The summed E-state index contributed by atoms with van der Waals surface area (Å²) in [5, 5.41) is 0. The van der Waals surface area contributed by atoms with Gasteiger partial charge in [-0.05, 0) is 41.8 Å². The highest BCUT2D eigenvalue weighted by molar-refractivity contribution is 5.36. The molecule has 17 heavy (non-hydrogen) atoms. The Hall–Kier alpha value is -1.78. The van der Waals surface area contributed by atoms with Gasteiger partial charge in [0.2, 0.25) is 0 Å². The molecule has 0 aliphatic carbocycles. The maximum absolute atomic E-state index is 13.3. The number of hydrogen-bond acceptors (Lipinski definition) is 3. The first-order valence-electron chi connectivity index (χ1n) is 5.34. The van der Waals surface area contributed by atoms with Crippen LogP contribution in [-0.2, 0) is 0 Å². The quantitative estimate of drug-likeness (QED) is 0.628.